The van der Waals surface area contributed by atoms with Crippen molar-refractivity contribution in [3.63, 3.8) is 0 Å². The molecule has 1 atom stereocenters. The van der Waals surface area contributed by atoms with Gasteiger partial charge in [0.2, 0.25) is 0 Å². The zero-order valence-electron chi connectivity index (χ0n) is 13.8. The van der Waals surface area contributed by atoms with Gasteiger partial charge in [-0.15, -0.1) is 0 Å². The quantitative estimate of drug-likeness (QED) is 0.926. The Bertz CT molecular complexity index is 789. The molecule has 1 aliphatic rings. The van der Waals surface area contributed by atoms with E-state index in [1.165, 1.54) is 0 Å². The van der Waals surface area contributed by atoms with E-state index in [4.69, 9.17) is 4.42 Å². The highest BCUT2D eigenvalue weighted by atomic mass is 16.4. The van der Waals surface area contributed by atoms with E-state index in [1.54, 1.807) is 12.1 Å². The van der Waals surface area contributed by atoms with Crippen molar-refractivity contribution in [3.05, 3.63) is 63.2 Å². The van der Waals surface area contributed by atoms with Gasteiger partial charge in [0.25, 0.3) is 0 Å². The highest BCUT2D eigenvalue weighted by molar-refractivity contribution is 5.99. The maximum Gasteiger partial charge on any atom is 0.343 e. The van der Waals surface area contributed by atoms with Crippen molar-refractivity contribution in [2.24, 2.45) is 0 Å². The first kappa shape index (κ1) is 16.5. The minimum absolute atomic E-state index is 0.137. The smallest absolute Gasteiger partial charge is 0.343 e. The maximum absolute atomic E-state index is 12.5. The summed E-state index contributed by atoms with van der Waals surface area (Å²) in [6, 6.07) is 10.3. The minimum atomic E-state index is -0.546. The number of aromatic hydroxyl groups is 1. The summed E-state index contributed by atoms with van der Waals surface area (Å²) in [6.07, 6.45) is 4.09. The van der Waals surface area contributed by atoms with Gasteiger partial charge in [0, 0.05) is 18.8 Å². The van der Waals surface area contributed by atoms with Crippen LogP contribution in [0.3, 0.4) is 0 Å². The number of aryl methyl sites for hydroxylation is 1. The van der Waals surface area contributed by atoms with Crippen molar-refractivity contribution in [2.45, 2.75) is 51.4 Å². The molecule has 2 aromatic rings. The molecular formula is C20H21O4. The summed E-state index contributed by atoms with van der Waals surface area (Å²) in [5.41, 5.74) is 0.726. The van der Waals surface area contributed by atoms with Crippen molar-refractivity contribution < 1.29 is 14.3 Å². The number of hydrogen-bond donors (Lipinski definition) is 1. The fraction of sp³-hybridized carbons (Fsp3) is 0.400. The van der Waals surface area contributed by atoms with Crippen molar-refractivity contribution >= 4 is 5.78 Å². The molecule has 24 heavy (non-hydrogen) atoms. The van der Waals surface area contributed by atoms with Crippen LogP contribution >= 0.6 is 0 Å². The van der Waals surface area contributed by atoms with Gasteiger partial charge in [0.1, 0.15) is 11.5 Å². The molecule has 1 aliphatic carbocycles. The van der Waals surface area contributed by atoms with Gasteiger partial charge in [-0.1, -0.05) is 37.6 Å². The number of carbonyl (C=O) groups is 1. The Labute approximate surface area is 141 Å². The van der Waals surface area contributed by atoms with E-state index in [2.05, 4.69) is 6.07 Å². The van der Waals surface area contributed by atoms with Crippen LogP contribution in [0.4, 0.5) is 0 Å². The first-order valence-electron chi connectivity index (χ1n) is 8.51. The molecule has 1 N–H and O–H groups in total. The SMILES string of the molecule is CCC(c1c[c]ccc1)c1c(O)c2c(oc1=O)CCCCCC2=O. The number of benzene rings is 1. The summed E-state index contributed by atoms with van der Waals surface area (Å²) in [5, 5.41) is 10.8. The second kappa shape index (κ2) is 7.04. The van der Waals surface area contributed by atoms with E-state index in [1.807, 2.05) is 19.1 Å². The number of ketones is 1. The average molecular weight is 325 g/mol. The summed E-state index contributed by atoms with van der Waals surface area (Å²) >= 11 is 0. The molecule has 0 fully saturated rings. The molecule has 0 aliphatic heterocycles. The van der Waals surface area contributed by atoms with E-state index < -0.39 is 5.63 Å². The van der Waals surface area contributed by atoms with Gasteiger partial charge in [-0.2, -0.15) is 0 Å². The normalized spacial score (nSPS) is 16.1. The fourth-order valence-corrected chi connectivity index (χ4v) is 3.46. The summed E-state index contributed by atoms with van der Waals surface area (Å²) in [5.74, 6) is -0.312. The molecule has 1 heterocycles. The summed E-state index contributed by atoms with van der Waals surface area (Å²) < 4.78 is 5.48. The van der Waals surface area contributed by atoms with E-state index in [0.29, 0.717) is 25.0 Å². The van der Waals surface area contributed by atoms with Gasteiger partial charge in [0.15, 0.2) is 5.78 Å². The fourth-order valence-electron chi connectivity index (χ4n) is 3.46. The third kappa shape index (κ3) is 3.01. The van der Waals surface area contributed by atoms with Gasteiger partial charge in [-0.3, -0.25) is 4.79 Å². The molecule has 0 amide bonds. The molecule has 4 heteroatoms. The Morgan fingerprint density at radius 3 is 2.75 bits per heavy atom. The molecule has 0 spiro atoms. The molecule has 1 aromatic heterocycles. The number of Topliss-reactive ketones (excluding diaryl/α,β-unsaturated/α-hetero) is 1. The molecule has 0 saturated carbocycles. The van der Waals surface area contributed by atoms with Crippen LogP contribution in [-0.4, -0.2) is 10.9 Å². The molecule has 0 bridgehead atoms. The first-order valence-corrected chi connectivity index (χ1v) is 8.51. The molecule has 1 aromatic carbocycles. The van der Waals surface area contributed by atoms with Crippen molar-refractivity contribution in [3.8, 4) is 5.75 Å². The van der Waals surface area contributed by atoms with Crippen LogP contribution in [0, 0.1) is 6.07 Å². The van der Waals surface area contributed by atoms with Crippen LogP contribution in [0.5, 0.6) is 5.75 Å². The lowest BCUT2D eigenvalue weighted by Crippen LogP contribution is -2.19. The third-order valence-corrected chi connectivity index (χ3v) is 4.68. The highest BCUT2D eigenvalue weighted by Crippen LogP contribution is 2.36. The second-order valence-corrected chi connectivity index (χ2v) is 6.23. The standard InChI is InChI=1S/C20H21O4/c1-2-14(13-9-5-3-6-10-13)17-19(22)18-15(21)11-7-4-8-12-16(18)24-20(17)23/h3,5,9-10,14,22H,2,4,7-8,11-12H2,1H3. The average Bonchev–Trinajstić information content (AvgIpc) is 2.57. The topological polar surface area (TPSA) is 67.5 Å². The van der Waals surface area contributed by atoms with Crippen molar-refractivity contribution in [1.29, 1.82) is 0 Å². The van der Waals surface area contributed by atoms with Crippen LogP contribution in [0.25, 0.3) is 0 Å². The minimum Gasteiger partial charge on any atom is -0.506 e. The molecule has 125 valence electrons. The Kier molecular flexibility index (Phi) is 4.84. The largest absolute Gasteiger partial charge is 0.506 e. The van der Waals surface area contributed by atoms with E-state index in [9.17, 15) is 14.7 Å². The lowest BCUT2D eigenvalue weighted by atomic mass is 9.86. The number of carbonyl (C=O) groups excluding carboxylic acids is 1. The molecular weight excluding hydrogens is 304 g/mol. The van der Waals surface area contributed by atoms with E-state index >= 15 is 0 Å². The van der Waals surface area contributed by atoms with Gasteiger partial charge < -0.3 is 9.52 Å². The Morgan fingerprint density at radius 1 is 1.25 bits per heavy atom. The lowest BCUT2D eigenvalue weighted by molar-refractivity contribution is 0.0968. The van der Waals surface area contributed by atoms with Gasteiger partial charge in [-0.25, -0.2) is 4.79 Å². The zero-order chi connectivity index (χ0) is 17.1. The molecule has 4 nitrogen and oxygen atoms in total. The molecule has 1 unspecified atom stereocenters. The second-order valence-electron chi connectivity index (χ2n) is 6.23. The molecule has 1 radical (unpaired) electrons. The van der Waals surface area contributed by atoms with E-state index in [0.717, 1.165) is 24.8 Å². The van der Waals surface area contributed by atoms with Gasteiger partial charge in [0.05, 0.1) is 11.1 Å². The predicted octanol–water partition coefficient (Wildman–Crippen LogP) is 3.99. The molecule has 3 rings (SSSR count). The van der Waals surface area contributed by atoms with Gasteiger partial charge in [-0.05, 0) is 30.9 Å². The van der Waals surface area contributed by atoms with Gasteiger partial charge >= 0.3 is 5.63 Å². The number of rotatable bonds is 3. The van der Waals surface area contributed by atoms with Crippen LogP contribution in [0.2, 0.25) is 0 Å². The first-order chi connectivity index (χ1) is 11.6. The number of fused-ring (bicyclic) bond motifs is 1. The summed E-state index contributed by atoms with van der Waals surface area (Å²) in [6.45, 7) is 1.94. The third-order valence-electron chi connectivity index (χ3n) is 4.68. The number of hydrogen-bond acceptors (Lipinski definition) is 4. The van der Waals surface area contributed by atoms with Crippen LogP contribution in [0.15, 0.2) is 33.5 Å². The molecule has 0 saturated heterocycles. The van der Waals surface area contributed by atoms with Crippen LogP contribution < -0.4 is 5.63 Å². The predicted molar refractivity (Wildman–Crippen MR) is 90.6 cm³/mol. The summed E-state index contributed by atoms with van der Waals surface area (Å²) in [4.78, 5) is 25.0. The van der Waals surface area contributed by atoms with Crippen LogP contribution in [0.1, 0.15) is 72.2 Å². The Morgan fingerprint density at radius 2 is 2.04 bits per heavy atom. The summed E-state index contributed by atoms with van der Waals surface area (Å²) in [7, 11) is 0. The Balaban J connectivity index is 2.18. The zero-order valence-corrected chi connectivity index (χ0v) is 13.8. The van der Waals surface area contributed by atoms with Crippen molar-refractivity contribution in [2.75, 3.05) is 0 Å². The van der Waals surface area contributed by atoms with E-state index in [-0.39, 0.29) is 28.6 Å². The highest BCUT2D eigenvalue weighted by Gasteiger charge is 2.29. The van der Waals surface area contributed by atoms with Crippen molar-refractivity contribution in [1.82, 2.24) is 0 Å². The van der Waals surface area contributed by atoms with Crippen LogP contribution in [-0.2, 0) is 6.42 Å². The monoisotopic (exact) mass is 325 g/mol. The maximum atomic E-state index is 12.5. The lowest BCUT2D eigenvalue weighted by Gasteiger charge is -2.19. The Hall–Kier alpha value is -2.36.